The number of aromatic amines is 2. The van der Waals surface area contributed by atoms with Crippen molar-refractivity contribution in [3.05, 3.63) is 72.3 Å². The van der Waals surface area contributed by atoms with E-state index in [1.807, 2.05) is 0 Å². The molecule has 3 rings (SSSR count). The number of nitrogens with one attached hydrogen (secondary N) is 22. The molecule has 144 heavy (non-hydrogen) atoms. The smallest absolute Gasteiger partial charge is 0.326 e. The molecule has 0 saturated heterocycles. The number of thiol groups is 1. The number of hydrogen-bond acceptors (Lipinski definition) is 27. The van der Waals surface area contributed by atoms with Gasteiger partial charge in [-0.05, 0) is 107 Å². The van der Waals surface area contributed by atoms with Gasteiger partial charge in [-0.15, -0.1) is 0 Å². The van der Waals surface area contributed by atoms with Crippen LogP contribution in [0.4, 0.5) is 0 Å². The van der Waals surface area contributed by atoms with Gasteiger partial charge in [0.1, 0.15) is 96.7 Å². The molecule has 3 aromatic rings. The van der Waals surface area contributed by atoms with E-state index >= 15 is 4.79 Å². The molecule has 2 aromatic heterocycles. The van der Waals surface area contributed by atoms with Crippen LogP contribution < -0.4 is 130 Å². The lowest BCUT2D eigenvalue weighted by Crippen LogP contribution is -2.62. The second-order valence-corrected chi connectivity index (χ2v) is 36.7. The zero-order valence-corrected chi connectivity index (χ0v) is 83.9. The molecule has 0 aliphatic rings. The number of primary amides is 3. The molecule has 0 bridgehead atoms. The van der Waals surface area contributed by atoms with Crippen molar-refractivity contribution in [3.63, 3.8) is 0 Å². The van der Waals surface area contributed by atoms with Gasteiger partial charge in [-0.1, -0.05) is 112 Å². The van der Waals surface area contributed by atoms with Crippen molar-refractivity contribution in [1.82, 2.24) is 116 Å². The average molecular weight is 2050 g/mol. The number of H-pyrrole nitrogens is 2. The van der Waals surface area contributed by atoms with Crippen LogP contribution in [-0.2, 0) is 120 Å². The van der Waals surface area contributed by atoms with Crippen LogP contribution in [0.5, 0.6) is 0 Å². The van der Waals surface area contributed by atoms with Crippen molar-refractivity contribution in [2.75, 3.05) is 18.8 Å². The largest absolute Gasteiger partial charge is 0.481 e. The van der Waals surface area contributed by atoms with Crippen LogP contribution in [0.1, 0.15) is 196 Å². The van der Waals surface area contributed by atoms with E-state index in [0.717, 1.165) is 6.92 Å². The number of carbonyl (C=O) groups is 21. The van der Waals surface area contributed by atoms with Crippen molar-refractivity contribution in [2.45, 2.75) is 301 Å². The average Bonchev–Trinajstić information content (AvgIpc) is 1.00. The summed E-state index contributed by atoms with van der Waals surface area (Å²) >= 11 is 4.29. The maximum Gasteiger partial charge on any atom is 0.326 e. The van der Waals surface area contributed by atoms with E-state index in [1.165, 1.54) is 38.9 Å². The molecule has 0 unspecified atom stereocenters. The molecule has 36 N–H and O–H groups in total. The predicted octanol–water partition coefficient (Wildman–Crippen LogP) is -7.06. The SMILES string of the molecule is CC[C@H](C)[C@H](NC(=O)[C@H](CS)NC(=O)[C@H](CCC(N)=O)NC(=O)[C@H](CC(C)C)NC(=O)[C@H](CCCNC(=N)N)NC(=O)[C@H](C)NC(=O)[C@@H](NC(=O)[C@@H](N)CCC(N)=O)[C@@H](C)CC)C(=O)N[C@@H](C)C(=O)N[C@@H](CC(=O)O)C(=O)N[C@@H](CCC(N)=O)C(=O)N[C@@H](Cc1ccccc1)C(=O)N[C@@H](Cc1cnc[nH]1)C(=O)N[C@@H](CCCNC(=N)N)C(=O)N[C@@H](CC(C)C)C(=O)N[C@@H](Cc1cnc[nH]1)C(=O)N[C@H](C(=O)O)C(C)C. The number of imidazole rings is 2. The van der Waals surface area contributed by atoms with E-state index in [9.17, 15) is 106 Å². The summed E-state index contributed by atoms with van der Waals surface area (Å²) in [5.41, 5.74) is 34.3. The number of aliphatic carboxylic acids is 2. The fraction of sp³-hybridized carbons (Fsp3) is 0.611. The zero-order valence-electron chi connectivity index (χ0n) is 83.0. The molecule has 0 saturated carbocycles. The Hall–Kier alpha value is -14.6. The third-order valence-electron chi connectivity index (χ3n) is 22.9. The van der Waals surface area contributed by atoms with Gasteiger partial charge < -0.3 is 150 Å². The lowest BCUT2D eigenvalue weighted by Gasteiger charge is -2.29. The molecule has 0 radical (unpaired) electrons. The number of carboxylic acids is 2. The molecule has 19 amide bonds. The van der Waals surface area contributed by atoms with Crippen molar-refractivity contribution in [1.29, 1.82) is 10.8 Å². The minimum atomic E-state index is -2.11. The van der Waals surface area contributed by atoms with Gasteiger partial charge in [-0.3, -0.25) is 107 Å². The Bertz CT molecular complexity index is 4840. The van der Waals surface area contributed by atoms with Gasteiger partial charge in [0.25, 0.3) is 0 Å². The number of carbonyl (C=O) groups excluding carboxylic acids is 19. The van der Waals surface area contributed by atoms with E-state index in [2.05, 4.69) is 128 Å². The number of amides is 19. The standard InChI is InChI=1S/C90H146N30O23S/c1-13-46(9)70(119-74(128)53(91)24-27-65(92)121)86(140)105-48(11)72(126)107-54(22-18-30-101-89(95)96)75(129)112-58(32-43(3)4)79(133)109-57(26-29-67(94)123)78(132)117-64(40-144)85(139)120-71(47(10)14-2)87(141)106-49(12)73(127)111-63(37-68(124)125)83(137)110-56(25-28-66(93)122)77(131)114-60(34-50-20-16-15-17-21-50)81(135)115-61(35-51-38-99-41-103-51)82(136)108-55(23-19-31-102-90(97)98)76(130)113-59(33-44(5)6)80(134)116-62(36-52-39-100-42-104-52)84(138)118-69(45(7)8)88(142)143/h15-17,20-21,38-39,41-49,53-64,69-71,144H,13-14,18-19,22-37,40,91H2,1-12H3,(H2,92,121)(H2,93,122)(H2,94,123)(H,99,103)(H,100,104)(H,105,140)(H,106,141)(H,107,126)(H,108,136)(H,109,133)(H,110,137)(H,111,127)(H,112,129)(H,113,130)(H,114,131)(H,115,135)(H,116,134)(H,117,132)(H,118,138)(H,119,128)(H,120,139)(H,124,125)(H,142,143)(H4,95,96,101)(H4,97,98,102)/t46-,47-,48-,49-,53-,54-,55-,56-,57-,58-,59-,60-,61-,62-,63-,64-,69-,70-,71-/m0/s1. The van der Waals surface area contributed by atoms with E-state index in [1.54, 1.807) is 92.6 Å². The lowest BCUT2D eigenvalue weighted by atomic mass is 9.97. The summed E-state index contributed by atoms with van der Waals surface area (Å²) in [6.07, 6.45) is 0.521. The van der Waals surface area contributed by atoms with E-state index in [0.29, 0.717) is 17.7 Å². The van der Waals surface area contributed by atoms with Crippen molar-refractivity contribution >= 4 is 149 Å². The van der Waals surface area contributed by atoms with Crippen LogP contribution in [0.25, 0.3) is 0 Å². The summed E-state index contributed by atoms with van der Waals surface area (Å²) in [6.45, 7) is 18.9. The Morgan fingerprint density at radius 3 is 1.03 bits per heavy atom. The van der Waals surface area contributed by atoms with Crippen molar-refractivity contribution in [2.24, 2.45) is 64.0 Å². The number of nitrogens with zero attached hydrogens (tertiary/aromatic N) is 2. The molecule has 0 aliphatic carbocycles. The molecule has 0 fully saturated rings. The first-order valence-corrected chi connectivity index (χ1v) is 48.0. The second-order valence-electron chi connectivity index (χ2n) is 36.3. The Morgan fingerprint density at radius 1 is 0.368 bits per heavy atom. The molecule has 1 aromatic carbocycles. The highest BCUT2D eigenvalue weighted by molar-refractivity contribution is 7.80. The molecular weight excluding hydrogens is 1900 g/mol. The monoisotopic (exact) mass is 2050 g/mol. The first-order chi connectivity index (χ1) is 67.7. The van der Waals surface area contributed by atoms with Gasteiger partial charge in [-0.25, -0.2) is 14.8 Å². The third-order valence-corrected chi connectivity index (χ3v) is 23.2. The second kappa shape index (κ2) is 63.3. The molecule has 19 atom stereocenters. The Kier molecular flexibility index (Phi) is 54.3. The van der Waals surface area contributed by atoms with Gasteiger partial charge in [-0.2, -0.15) is 12.6 Å². The van der Waals surface area contributed by atoms with E-state index < -0.39 is 294 Å². The Labute approximate surface area is 838 Å². The first-order valence-electron chi connectivity index (χ1n) is 47.4. The van der Waals surface area contributed by atoms with Gasteiger partial charge >= 0.3 is 11.9 Å². The first kappa shape index (κ1) is 124. The van der Waals surface area contributed by atoms with Gasteiger partial charge in [0.2, 0.25) is 112 Å². The molecule has 54 heteroatoms. The number of nitrogens with two attached hydrogens (primary N) is 6. The van der Waals surface area contributed by atoms with Crippen LogP contribution >= 0.6 is 12.6 Å². The summed E-state index contributed by atoms with van der Waals surface area (Å²) in [5, 5.41) is 80.8. The number of benzene rings is 1. The molecular formula is C90H146N30O23S. The fourth-order valence-electron chi connectivity index (χ4n) is 14.3. The maximum atomic E-state index is 15.1. The lowest BCUT2D eigenvalue weighted by molar-refractivity contribution is -0.143. The normalized spacial score (nSPS) is 15.1. The Morgan fingerprint density at radius 2 is 0.681 bits per heavy atom. The minimum absolute atomic E-state index is 0.0185. The van der Waals surface area contributed by atoms with Crippen LogP contribution in [0.2, 0.25) is 0 Å². The van der Waals surface area contributed by atoms with Crippen LogP contribution in [-0.4, -0.2) is 288 Å². The maximum absolute atomic E-state index is 15.1. The molecule has 2 heterocycles. The highest BCUT2D eigenvalue weighted by Crippen LogP contribution is 2.18. The minimum Gasteiger partial charge on any atom is -0.481 e. The third kappa shape index (κ3) is 46.0. The number of aromatic nitrogens is 4. The quantitative estimate of drug-likeness (QED) is 0.0108. The molecule has 800 valence electrons. The van der Waals surface area contributed by atoms with E-state index in [4.69, 9.17) is 45.2 Å². The molecule has 0 spiro atoms. The van der Waals surface area contributed by atoms with Crippen LogP contribution in [0, 0.1) is 40.4 Å². The molecule has 53 nitrogen and oxygen atoms in total. The van der Waals surface area contributed by atoms with Gasteiger partial charge in [0, 0.05) is 81.1 Å². The zero-order chi connectivity index (χ0) is 108. The van der Waals surface area contributed by atoms with Crippen LogP contribution in [0.15, 0.2) is 55.4 Å². The number of guanidine groups is 2. The predicted molar refractivity (Wildman–Crippen MR) is 525 cm³/mol. The number of hydrogen-bond donors (Lipinski definition) is 31. The number of rotatable bonds is 68. The summed E-state index contributed by atoms with van der Waals surface area (Å²) in [6, 6.07) is -18.6. The van der Waals surface area contributed by atoms with Crippen molar-refractivity contribution < 1.29 is 111 Å². The summed E-state index contributed by atoms with van der Waals surface area (Å²) in [5.74, 6) is -26.0. The van der Waals surface area contributed by atoms with Crippen molar-refractivity contribution in [3.8, 4) is 0 Å². The van der Waals surface area contributed by atoms with E-state index in [-0.39, 0.29) is 108 Å². The fourth-order valence-corrected chi connectivity index (χ4v) is 14.6. The topological polar surface area (TPSA) is 877 Å². The summed E-state index contributed by atoms with van der Waals surface area (Å²) < 4.78 is 0. The Balaban J connectivity index is 1.96. The highest BCUT2D eigenvalue weighted by Gasteiger charge is 2.41. The van der Waals surface area contributed by atoms with Gasteiger partial charge in [0.15, 0.2) is 11.9 Å². The number of carboxylic acid groups (broad SMARTS) is 2. The molecule has 0 aliphatic heterocycles. The summed E-state index contributed by atoms with van der Waals surface area (Å²) in [7, 11) is 0. The summed E-state index contributed by atoms with van der Waals surface area (Å²) in [4.78, 5) is 304. The van der Waals surface area contributed by atoms with Gasteiger partial charge in [0.05, 0.1) is 25.1 Å². The highest BCUT2D eigenvalue weighted by atomic mass is 32.1. The van der Waals surface area contributed by atoms with Crippen LogP contribution in [0.3, 0.4) is 0 Å².